The van der Waals surface area contributed by atoms with Gasteiger partial charge in [-0.05, 0) is 105 Å². The van der Waals surface area contributed by atoms with Crippen molar-refractivity contribution in [2.24, 2.45) is 0 Å². The monoisotopic (exact) mass is 944 g/mol. The number of piperidine rings is 3. The number of carboxylic acids is 2. The molecule has 0 bridgehead atoms. The second kappa shape index (κ2) is 18.1. The largest absolute Gasteiger partial charge is 0.479 e. The van der Waals surface area contributed by atoms with Crippen molar-refractivity contribution in [3.63, 3.8) is 0 Å². The number of nitrogens with zero attached hydrogens (tertiary/aromatic N) is 4. The van der Waals surface area contributed by atoms with Crippen molar-refractivity contribution >= 4 is 67.5 Å². The van der Waals surface area contributed by atoms with Gasteiger partial charge in [-0.15, -0.1) is 0 Å². The number of sulfonamides is 1. The molecule has 3 saturated heterocycles. The fourth-order valence-electron chi connectivity index (χ4n) is 10.2. The third-order valence-corrected chi connectivity index (χ3v) is 15.4. The number of imidazole rings is 1. The summed E-state index contributed by atoms with van der Waals surface area (Å²) in [5.74, 6) is -3.03. The van der Waals surface area contributed by atoms with E-state index >= 15 is 0 Å². The Bertz CT molecular complexity index is 3000. The van der Waals surface area contributed by atoms with Crippen molar-refractivity contribution in [2.75, 3.05) is 41.8 Å². The first-order valence-corrected chi connectivity index (χ1v) is 24.1. The van der Waals surface area contributed by atoms with Gasteiger partial charge >= 0.3 is 11.9 Å². The molecule has 0 radical (unpaired) electrons. The molecule has 5 aromatic rings. The predicted octanol–water partition coefficient (Wildman–Crippen LogP) is 6.10. The zero-order valence-corrected chi connectivity index (χ0v) is 38.4. The number of imide groups is 1. The number of aromatic nitrogens is 2. The minimum Gasteiger partial charge on any atom is -0.479 e. The maximum absolute atomic E-state index is 14.1. The van der Waals surface area contributed by atoms with E-state index in [1.165, 1.54) is 0 Å². The molecule has 0 saturated carbocycles. The van der Waals surface area contributed by atoms with Crippen LogP contribution >= 0.6 is 0 Å². The number of carbonyl (C=O) groups excluding carboxylic acids is 3. The summed E-state index contributed by atoms with van der Waals surface area (Å²) in [6, 6.07) is 23.4. The van der Waals surface area contributed by atoms with E-state index in [4.69, 9.17) is 9.84 Å². The molecule has 2 atom stereocenters. The van der Waals surface area contributed by atoms with Gasteiger partial charge in [-0.1, -0.05) is 49.0 Å². The lowest BCUT2D eigenvalue weighted by molar-refractivity contribution is -0.139. The molecule has 3 fully saturated rings. The smallest absolute Gasteiger partial charge is 0.358 e. The summed E-state index contributed by atoms with van der Waals surface area (Å²) < 4.78 is 34.9. The Morgan fingerprint density at radius 1 is 0.926 bits per heavy atom. The Morgan fingerprint density at radius 2 is 1.68 bits per heavy atom. The van der Waals surface area contributed by atoms with Crippen molar-refractivity contribution < 1.29 is 47.3 Å². The average molecular weight is 945 g/mol. The molecule has 4 aliphatic rings. The quantitative estimate of drug-likeness (QED) is 0.0650. The summed E-state index contributed by atoms with van der Waals surface area (Å²) in [7, 11) is -3.75. The Balaban J connectivity index is 0.798. The first-order chi connectivity index (χ1) is 32.5. The molecule has 3 amide bonds. The standard InChI is InChI=1S/C49H52N8O10S/c1-28(55-20-17-30(18-21-55)35-13-14-38-42-36(35)11-6-12-37(42)47(62)57(38)39-15-16-40(58)52-45(39)61)50-32-9-4-7-29(23-32)27-68(65,66)56-22-19-34(25-49(56,2)3)51-33-10-5-8-31(24-33)44-53-43(48(63)64)46(54-44)67-26-41(59)60/h4-14,23-24,30,34,39,50-51H,1,15-22,25-27H2,2-3H3,(H,53,54)(H,59,60)(H,63,64)(H,52,58,61). The molecule has 354 valence electrons. The molecule has 9 rings (SSSR count). The minimum absolute atomic E-state index is 0.0809. The molecule has 6 N–H and O–H groups in total. The summed E-state index contributed by atoms with van der Waals surface area (Å²) in [6.07, 6.45) is 3.18. The number of aliphatic carboxylic acids is 1. The minimum atomic E-state index is -3.75. The van der Waals surface area contributed by atoms with E-state index in [-0.39, 0.29) is 59.8 Å². The van der Waals surface area contributed by atoms with E-state index < -0.39 is 46.1 Å². The maximum Gasteiger partial charge on any atom is 0.358 e. The Kier molecular flexibility index (Phi) is 12.2. The molecule has 68 heavy (non-hydrogen) atoms. The van der Waals surface area contributed by atoms with Crippen LogP contribution < -0.4 is 25.6 Å². The second-order valence-corrected chi connectivity index (χ2v) is 20.3. The van der Waals surface area contributed by atoms with Gasteiger partial charge in [0.1, 0.15) is 11.9 Å². The van der Waals surface area contributed by atoms with Crippen molar-refractivity contribution in [2.45, 2.75) is 81.7 Å². The second-order valence-electron chi connectivity index (χ2n) is 18.4. The van der Waals surface area contributed by atoms with E-state index in [1.54, 1.807) is 39.5 Å². The molecule has 1 aromatic heterocycles. The van der Waals surface area contributed by atoms with E-state index in [1.807, 2.05) is 56.3 Å². The van der Waals surface area contributed by atoms with Crippen LogP contribution in [0.25, 0.3) is 22.2 Å². The zero-order valence-electron chi connectivity index (χ0n) is 37.6. The number of hydrogen-bond acceptors (Lipinski definition) is 12. The van der Waals surface area contributed by atoms with Crippen LogP contribution in [0, 0.1) is 0 Å². The van der Waals surface area contributed by atoms with Crippen molar-refractivity contribution in [1.82, 2.24) is 24.5 Å². The molecular formula is C49H52N8O10S. The highest BCUT2D eigenvalue weighted by molar-refractivity contribution is 7.88. The Morgan fingerprint density at radius 3 is 2.41 bits per heavy atom. The Hall–Kier alpha value is -7.25. The molecular weight excluding hydrogens is 893 g/mol. The first-order valence-electron chi connectivity index (χ1n) is 22.5. The lowest BCUT2D eigenvalue weighted by Crippen LogP contribution is -2.55. The summed E-state index contributed by atoms with van der Waals surface area (Å²) in [6.45, 7) is 9.17. The molecule has 4 aromatic carbocycles. The highest BCUT2D eigenvalue weighted by Crippen LogP contribution is 2.44. The van der Waals surface area contributed by atoms with Crippen LogP contribution in [0.4, 0.5) is 17.1 Å². The first kappa shape index (κ1) is 45.9. The van der Waals surface area contributed by atoms with E-state index in [2.05, 4.69) is 43.5 Å². The fraction of sp³-hybridized carbons (Fsp3) is 0.347. The lowest BCUT2D eigenvalue weighted by atomic mass is 9.85. The molecule has 18 nitrogen and oxygen atoms in total. The van der Waals surface area contributed by atoms with Crippen LogP contribution in [0.3, 0.4) is 0 Å². The molecule has 2 unspecified atom stereocenters. The van der Waals surface area contributed by atoms with Crippen LogP contribution in [-0.4, -0.2) is 111 Å². The average Bonchev–Trinajstić information content (AvgIpc) is 3.85. The van der Waals surface area contributed by atoms with Crippen LogP contribution in [0.1, 0.15) is 90.3 Å². The van der Waals surface area contributed by atoms with Gasteiger partial charge in [0.2, 0.25) is 27.7 Å². The normalized spacial score (nSPS) is 19.8. The molecule has 5 heterocycles. The fourth-order valence-corrected chi connectivity index (χ4v) is 12.2. The number of nitrogens with one attached hydrogen (secondary N) is 4. The zero-order chi connectivity index (χ0) is 48.1. The van der Waals surface area contributed by atoms with Crippen molar-refractivity contribution in [3.05, 3.63) is 114 Å². The van der Waals surface area contributed by atoms with Gasteiger partial charge in [0.15, 0.2) is 12.3 Å². The van der Waals surface area contributed by atoms with Gasteiger partial charge < -0.3 is 35.5 Å². The number of likely N-dealkylation sites (tertiary alicyclic amines) is 1. The van der Waals surface area contributed by atoms with Gasteiger partial charge in [0.25, 0.3) is 5.91 Å². The van der Waals surface area contributed by atoms with Gasteiger partial charge in [-0.25, -0.2) is 18.0 Å². The Labute approximate surface area is 392 Å². The number of ether oxygens (including phenoxy) is 1. The highest BCUT2D eigenvalue weighted by atomic mass is 32.2. The van der Waals surface area contributed by atoms with Crippen LogP contribution in [-0.2, 0) is 30.2 Å². The number of H-pyrrole nitrogens is 1. The van der Waals surface area contributed by atoms with Gasteiger partial charge in [0.05, 0.1) is 17.3 Å². The number of hydrogen-bond donors (Lipinski definition) is 6. The SMILES string of the molecule is C=C(Nc1cccc(CS(=O)(=O)N2CCC(Nc3cccc(-c4nc(OCC(=O)O)c(C(=O)O)[nH]4)c3)CC2(C)C)c1)N1CCC(c2ccc3c4c(cccc24)C(=O)N3C2CCC(=O)NC2=O)CC1. The molecule has 0 aliphatic carbocycles. The van der Waals surface area contributed by atoms with E-state index in [0.717, 1.165) is 48.0 Å². The van der Waals surface area contributed by atoms with E-state index in [9.17, 15) is 37.5 Å². The molecule has 4 aliphatic heterocycles. The van der Waals surface area contributed by atoms with Crippen molar-refractivity contribution in [1.29, 1.82) is 0 Å². The van der Waals surface area contributed by atoms with Gasteiger partial charge in [-0.2, -0.15) is 9.29 Å². The van der Waals surface area contributed by atoms with Crippen molar-refractivity contribution in [3.8, 4) is 17.3 Å². The lowest BCUT2D eigenvalue weighted by Gasteiger charge is -2.45. The van der Waals surface area contributed by atoms with Gasteiger partial charge in [-0.3, -0.25) is 24.6 Å². The number of carboxylic acid groups (broad SMARTS) is 2. The van der Waals surface area contributed by atoms with Crippen LogP contribution in [0.5, 0.6) is 5.88 Å². The number of amides is 3. The number of rotatable bonds is 15. The van der Waals surface area contributed by atoms with E-state index in [0.29, 0.717) is 53.3 Å². The number of aromatic amines is 1. The highest BCUT2D eigenvalue weighted by Gasteiger charge is 2.43. The maximum atomic E-state index is 14.1. The predicted molar refractivity (Wildman–Crippen MR) is 254 cm³/mol. The third-order valence-electron chi connectivity index (χ3n) is 13.3. The number of aromatic carboxylic acids is 1. The number of carbonyl (C=O) groups is 5. The third kappa shape index (κ3) is 9.10. The van der Waals surface area contributed by atoms with Crippen LogP contribution in [0.2, 0.25) is 0 Å². The van der Waals surface area contributed by atoms with Crippen LogP contribution in [0.15, 0.2) is 91.3 Å². The summed E-state index contributed by atoms with van der Waals surface area (Å²) in [5, 5.41) is 29.7. The summed E-state index contributed by atoms with van der Waals surface area (Å²) >= 11 is 0. The topological polar surface area (TPSA) is 244 Å². The molecule has 0 spiro atoms. The number of benzene rings is 4. The summed E-state index contributed by atoms with van der Waals surface area (Å²) in [4.78, 5) is 71.7. The number of anilines is 3. The molecule has 19 heteroatoms. The summed E-state index contributed by atoms with van der Waals surface area (Å²) in [5.41, 5.74) is 3.94. The van der Waals surface area contributed by atoms with Gasteiger partial charge in [0, 0.05) is 65.5 Å².